The Morgan fingerprint density at radius 1 is 1.22 bits per heavy atom. The number of hydrogen-bond acceptors (Lipinski definition) is 6. The molecule has 0 saturated carbocycles. The van der Waals surface area contributed by atoms with Crippen LogP contribution in [0.2, 0.25) is 0 Å². The molecule has 1 aromatic heterocycles. The molecule has 0 spiro atoms. The van der Waals surface area contributed by atoms with Gasteiger partial charge in [0.15, 0.2) is 5.82 Å². The van der Waals surface area contributed by atoms with Crippen LogP contribution in [-0.2, 0) is 16.0 Å². The van der Waals surface area contributed by atoms with Crippen LogP contribution in [0.1, 0.15) is 19.0 Å². The average Bonchev–Trinajstić information content (AvgIpc) is 2.55. The standard InChI is InChI=1S/C17H18N2O3S/c1-3-22-16(20)11-15(23)10-13-8-9-18-17(19-13)12-4-6-14(21-2)7-5-12/h4-9H,3,10-11H2,1-2H3. The van der Waals surface area contributed by atoms with Crippen molar-refractivity contribution < 1.29 is 14.3 Å². The first kappa shape index (κ1) is 17.0. The minimum atomic E-state index is -0.304. The molecule has 0 atom stereocenters. The van der Waals surface area contributed by atoms with E-state index in [0.29, 0.717) is 23.7 Å². The summed E-state index contributed by atoms with van der Waals surface area (Å²) in [6.07, 6.45) is 2.26. The number of hydrogen-bond donors (Lipinski definition) is 0. The van der Waals surface area contributed by atoms with E-state index >= 15 is 0 Å². The average molecular weight is 330 g/mol. The molecule has 2 aromatic rings. The van der Waals surface area contributed by atoms with Crippen molar-refractivity contribution in [3.63, 3.8) is 0 Å². The van der Waals surface area contributed by atoms with E-state index in [0.717, 1.165) is 17.0 Å². The largest absolute Gasteiger partial charge is 0.497 e. The van der Waals surface area contributed by atoms with Gasteiger partial charge in [0.2, 0.25) is 0 Å². The van der Waals surface area contributed by atoms with Crippen molar-refractivity contribution in [3.8, 4) is 17.1 Å². The third-order valence-electron chi connectivity index (χ3n) is 3.09. The molecule has 5 nitrogen and oxygen atoms in total. The summed E-state index contributed by atoms with van der Waals surface area (Å²) in [6, 6.07) is 9.31. The van der Waals surface area contributed by atoms with Gasteiger partial charge in [-0.05, 0) is 37.3 Å². The summed E-state index contributed by atoms with van der Waals surface area (Å²) in [7, 11) is 1.62. The molecule has 0 radical (unpaired) electrons. The predicted molar refractivity (Wildman–Crippen MR) is 91.6 cm³/mol. The number of benzene rings is 1. The second-order valence-corrected chi connectivity index (χ2v) is 5.37. The van der Waals surface area contributed by atoms with E-state index in [2.05, 4.69) is 9.97 Å². The lowest BCUT2D eigenvalue weighted by molar-refractivity contribution is -0.141. The maximum Gasteiger partial charge on any atom is 0.310 e. The minimum Gasteiger partial charge on any atom is -0.497 e. The Kier molecular flexibility index (Phi) is 6.17. The predicted octanol–water partition coefficient (Wildman–Crippen LogP) is 3.02. The molecule has 0 aliphatic carbocycles. The maximum atomic E-state index is 11.4. The van der Waals surface area contributed by atoms with Gasteiger partial charge in [-0.2, -0.15) is 0 Å². The Hall–Kier alpha value is -2.34. The summed E-state index contributed by atoms with van der Waals surface area (Å²) < 4.78 is 10.0. The van der Waals surface area contributed by atoms with Crippen molar-refractivity contribution in [1.29, 1.82) is 0 Å². The molecule has 0 saturated heterocycles. The van der Waals surface area contributed by atoms with E-state index in [1.54, 1.807) is 26.3 Å². The fraction of sp³-hybridized carbons (Fsp3) is 0.294. The Morgan fingerprint density at radius 3 is 2.61 bits per heavy atom. The number of carbonyl (C=O) groups excluding carboxylic acids is 1. The Balaban J connectivity index is 2.07. The summed E-state index contributed by atoms with van der Waals surface area (Å²) >= 11 is 5.24. The number of rotatable bonds is 7. The number of methoxy groups -OCH3 is 1. The highest BCUT2D eigenvalue weighted by molar-refractivity contribution is 7.80. The summed E-state index contributed by atoms with van der Waals surface area (Å²) in [5.74, 6) is 1.09. The molecule has 0 bridgehead atoms. The van der Waals surface area contributed by atoms with Gasteiger partial charge in [-0.15, -0.1) is 0 Å². The molecule has 6 heteroatoms. The van der Waals surface area contributed by atoms with Crippen molar-refractivity contribution in [3.05, 3.63) is 42.2 Å². The number of thiocarbonyl (C=S) groups is 1. The summed E-state index contributed by atoms with van der Waals surface area (Å²) in [6.45, 7) is 2.13. The normalized spacial score (nSPS) is 10.2. The molecular weight excluding hydrogens is 312 g/mol. The van der Waals surface area contributed by atoms with Crippen molar-refractivity contribution in [2.75, 3.05) is 13.7 Å². The lowest BCUT2D eigenvalue weighted by atomic mass is 10.1. The van der Waals surface area contributed by atoms with Gasteiger partial charge >= 0.3 is 5.97 Å². The Bertz CT molecular complexity index is 686. The third kappa shape index (κ3) is 5.10. The van der Waals surface area contributed by atoms with E-state index in [9.17, 15) is 4.79 Å². The van der Waals surface area contributed by atoms with Gasteiger partial charge < -0.3 is 9.47 Å². The summed E-state index contributed by atoms with van der Waals surface area (Å²) in [4.78, 5) is 20.8. The smallest absolute Gasteiger partial charge is 0.310 e. The molecule has 2 rings (SSSR count). The first-order valence-electron chi connectivity index (χ1n) is 7.26. The molecule has 0 N–H and O–H groups in total. The van der Waals surface area contributed by atoms with Gasteiger partial charge in [0.05, 0.1) is 20.1 Å². The zero-order chi connectivity index (χ0) is 16.7. The van der Waals surface area contributed by atoms with Crippen molar-refractivity contribution in [2.24, 2.45) is 0 Å². The second kappa shape index (κ2) is 8.33. The first-order chi connectivity index (χ1) is 11.1. The summed E-state index contributed by atoms with van der Waals surface area (Å²) in [5, 5.41) is 0. The third-order valence-corrected chi connectivity index (χ3v) is 3.38. The molecule has 0 aliphatic heterocycles. The van der Waals surface area contributed by atoms with Crippen LogP contribution in [-0.4, -0.2) is 34.5 Å². The van der Waals surface area contributed by atoms with Crippen LogP contribution in [0.3, 0.4) is 0 Å². The number of esters is 1. The Labute approximate surface area is 140 Å². The van der Waals surface area contributed by atoms with E-state index in [4.69, 9.17) is 21.7 Å². The molecular formula is C17H18N2O3S. The van der Waals surface area contributed by atoms with Gasteiger partial charge in [0.1, 0.15) is 5.75 Å². The summed E-state index contributed by atoms with van der Waals surface area (Å²) in [5.41, 5.74) is 1.67. The van der Waals surface area contributed by atoms with E-state index < -0.39 is 0 Å². The molecule has 120 valence electrons. The van der Waals surface area contributed by atoms with Crippen LogP contribution in [0.25, 0.3) is 11.4 Å². The SMILES string of the molecule is CCOC(=O)CC(=S)Cc1ccnc(-c2ccc(OC)cc2)n1. The van der Waals surface area contributed by atoms with E-state index in [-0.39, 0.29) is 12.4 Å². The fourth-order valence-electron chi connectivity index (χ4n) is 2.01. The number of nitrogens with zero attached hydrogens (tertiary/aromatic N) is 2. The van der Waals surface area contributed by atoms with Gasteiger partial charge in [-0.25, -0.2) is 9.97 Å². The highest BCUT2D eigenvalue weighted by Gasteiger charge is 2.09. The van der Waals surface area contributed by atoms with Crippen LogP contribution in [0.4, 0.5) is 0 Å². The molecule has 23 heavy (non-hydrogen) atoms. The first-order valence-corrected chi connectivity index (χ1v) is 7.67. The lowest BCUT2D eigenvalue weighted by Crippen LogP contribution is -2.12. The van der Waals surface area contributed by atoms with E-state index in [1.165, 1.54) is 0 Å². The molecule has 0 amide bonds. The maximum absolute atomic E-state index is 11.4. The van der Waals surface area contributed by atoms with Crippen LogP contribution in [0.5, 0.6) is 5.75 Å². The zero-order valence-electron chi connectivity index (χ0n) is 13.1. The van der Waals surface area contributed by atoms with Crippen LogP contribution in [0.15, 0.2) is 36.5 Å². The monoisotopic (exact) mass is 330 g/mol. The van der Waals surface area contributed by atoms with Crippen LogP contribution < -0.4 is 4.74 Å². The van der Waals surface area contributed by atoms with Gasteiger partial charge in [-0.3, -0.25) is 4.79 Å². The van der Waals surface area contributed by atoms with Crippen molar-refractivity contribution in [2.45, 2.75) is 19.8 Å². The topological polar surface area (TPSA) is 61.3 Å². The van der Waals surface area contributed by atoms with Crippen LogP contribution >= 0.6 is 12.2 Å². The van der Waals surface area contributed by atoms with Crippen molar-refractivity contribution in [1.82, 2.24) is 9.97 Å². The molecule has 0 fully saturated rings. The highest BCUT2D eigenvalue weighted by Crippen LogP contribution is 2.19. The highest BCUT2D eigenvalue weighted by atomic mass is 32.1. The fourth-order valence-corrected chi connectivity index (χ4v) is 2.28. The van der Waals surface area contributed by atoms with Crippen molar-refractivity contribution >= 4 is 23.1 Å². The quantitative estimate of drug-likeness (QED) is 0.574. The molecule has 1 heterocycles. The van der Waals surface area contributed by atoms with Crippen LogP contribution in [0, 0.1) is 0 Å². The molecule has 0 aliphatic rings. The Morgan fingerprint density at radius 2 is 1.96 bits per heavy atom. The van der Waals surface area contributed by atoms with Gasteiger partial charge in [-0.1, -0.05) is 12.2 Å². The number of ether oxygens (including phenoxy) is 2. The molecule has 1 aromatic carbocycles. The zero-order valence-corrected chi connectivity index (χ0v) is 13.9. The number of carbonyl (C=O) groups is 1. The molecule has 0 unspecified atom stereocenters. The lowest BCUT2D eigenvalue weighted by Gasteiger charge is -2.06. The minimum absolute atomic E-state index is 0.130. The van der Waals surface area contributed by atoms with E-state index in [1.807, 2.05) is 24.3 Å². The van der Waals surface area contributed by atoms with Gasteiger partial charge in [0.25, 0.3) is 0 Å². The second-order valence-electron chi connectivity index (χ2n) is 4.80. The van der Waals surface area contributed by atoms with Gasteiger partial charge in [0, 0.05) is 28.7 Å². The number of aromatic nitrogens is 2.